The zero-order valence-corrected chi connectivity index (χ0v) is 13.5. The van der Waals surface area contributed by atoms with Crippen LogP contribution >= 0.6 is 0 Å². The quantitative estimate of drug-likeness (QED) is 0.757. The topological polar surface area (TPSA) is 96.6 Å². The van der Waals surface area contributed by atoms with Crippen molar-refractivity contribution in [3.63, 3.8) is 0 Å². The predicted molar refractivity (Wildman–Crippen MR) is 82.9 cm³/mol. The molecule has 3 rings (SSSR count). The molecule has 1 aromatic carbocycles. The number of ether oxygens (including phenoxy) is 1. The normalized spacial score (nSPS) is 20.3. The van der Waals surface area contributed by atoms with Crippen LogP contribution in [0.4, 0.5) is 13.2 Å². The summed E-state index contributed by atoms with van der Waals surface area (Å²) in [6.07, 6.45) is -3.33. The molecule has 10 heteroatoms. The van der Waals surface area contributed by atoms with E-state index in [0.717, 1.165) is 16.9 Å². The third kappa shape index (κ3) is 3.37. The Kier molecular flexibility index (Phi) is 4.63. The zero-order valence-electron chi connectivity index (χ0n) is 13.5. The van der Waals surface area contributed by atoms with Crippen LogP contribution in [-0.4, -0.2) is 51.3 Å². The number of hydrogen-bond donors (Lipinski definition) is 3. The van der Waals surface area contributed by atoms with Gasteiger partial charge in [-0.05, 0) is 18.6 Å². The maximum Gasteiger partial charge on any atom is 0.418 e. The van der Waals surface area contributed by atoms with Crippen LogP contribution in [0.3, 0.4) is 0 Å². The minimum absolute atomic E-state index is 0.0909. The van der Waals surface area contributed by atoms with E-state index in [-0.39, 0.29) is 18.9 Å². The number of rotatable bonds is 4. The standard InChI is InChI=1S/C16H16F3N3O4/c17-16(18,19)10-3-1-2-4-11(10)22-7-12(24)13(21-22)14(25)20-15(8-23)5-6-26-9-15/h1-4,7,23-24H,5-6,8-9H2,(H,20,25). The summed E-state index contributed by atoms with van der Waals surface area (Å²) in [4.78, 5) is 12.4. The maximum absolute atomic E-state index is 13.1. The van der Waals surface area contributed by atoms with Gasteiger partial charge in [-0.15, -0.1) is 0 Å². The Bertz CT molecular complexity index is 813. The van der Waals surface area contributed by atoms with E-state index in [2.05, 4.69) is 10.4 Å². The highest BCUT2D eigenvalue weighted by Crippen LogP contribution is 2.34. The van der Waals surface area contributed by atoms with E-state index in [1.807, 2.05) is 0 Å². The average molecular weight is 371 g/mol. The van der Waals surface area contributed by atoms with Crippen molar-refractivity contribution in [2.75, 3.05) is 19.8 Å². The van der Waals surface area contributed by atoms with Crippen molar-refractivity contribution in [2.24, 2.45) is 0 Å². The molecule has 26 heavy (non-hydrogen) atoms. The van der Waals surface area contributed by atoms with Gasteiger partial charge in [0.05, 0.1) is 36.2 Å². The monoisotopic (exact) mass is 371 g/mol. The molecule has 140 valence electrons. The first-order chi connectivity index (χ1) is 12.3. The summed E-state index contributed by atoms with van der Waals surface area (Å²) in [5.74, 6) is -1.39. The molecule has 1 atom stereocenters. The maximum atomic E-state index is 13.1. The van der Waals surface area contributed by atoms with E-state index in [9.17, 15) is 28.2 Å². The number of aromatic nitrogens is 2. The molecule has 1 aliphatic heterocycles. The third-order valence-electron chi connectivity index (χ3n) is 4.15. The first-order valence-electron chi connectivity index (χ1n) is 7.72. The molecule has 0 aliphatic carbocycles. The van der Waals surface area contributed by atoms with E-state index in [1.54, 1.807) is 0 Å². The van der Waals surface area contributed by atoms with E-state index < -0.39 is 34.6 Å². The number of para-hydroxylation sites is 1. The first-order valence-corrected chi connectivity index (χ1v) is 7.72. The van der Waals surface area contributed by atoms with Gasteiger partial charge < -0.3 is 20.3 Å². The van der Waals surface area contributed by atoms with E-state index in [1.165, 1.54) is 18.2 Å². The van der Waals surface area contributed by atoms with E-state index in [0.29, 0.717) is 13.0 Å². The molecule has 1 amide bonds. The highest BCUT2D eigenvalue weighted by Gasteiger charge is 2.38. The number of nitrogens with zero attached hydrogens (tertiary/aromatic N) is 2. The molecular weight excluding hydrogens is 355 g/mol. The van der Waals surface area contributed by atoms with Gasteiger partial charge >= 0.3 is 6.18 Å². The number of alkyl halides is 3. The van der Waals surface area contributed by atoms with Crippen molar-refractivity contribution in [2.45, 2.75) is 18.1 Å². The second kappa shape index (κ2) is 6.61. The highest BCUT2D eigenvalue weighted by atomic mass is 19.4. The van der Waals surface area contributed by atoms with Gasteiger partial charge in [-0.25, -0.2) is 4.68 Å². The second-order valence-corrected chi connectivity index (χ2v) is 6.02. The van der Waals surface area contributed by atoms with Crippen LogP contribution in [0.1, 0.15) is 22.5 Å². The minimum Gasteiger partial charge on any atom is -0.504 e. The summed E-state index contributed by atoms with van der Waals surface area (Å²) in [6, 6.07) is 4.68. The molecule has 2 aromatic rings. The van der Waals surface area contributed by atoms with Crippen LogP contribution < -0.4 is 5.32 Å². The number of aromatic hydroxyl groups is 1. The lowest BCUT2D eigenvalue weighted by atomic mass is 10.00. The van der Waals surface area contributed by atoms with Crippen LogP contribution in [0.5, 0.6) is 5.75 Å². The predicted octanol–water partition coefficient (Wildman–Crippen LogP) is 1.48. The molecule has 1 saturated heterocycles. The fraction of sp³-hybridized carbons (Fsp3) is 0.375. The van der Waals surface area contributed by atoms with Crippen LogP contribution in [0, 0.1) is 0 Å². The molecule has 3 N–H and O–H groups in total. The second-order valence-electron chi connectivity index (χ2n) is 6.02. The van der Waals surface area contributed by atoms with Gasteiger partial charge in [0.15, 0.2) is 11.4 Å². The molecule has 1 aromatic heterocycles. The first kappa shape index (κ1) is 18.2. The van der Waals surface area contributed by atoms with Gasteiger partial charge in [-0.3, -0.25) is 4.79 Å². The van der Waals surface area contributed by atoms with Crippen molar-refractivity contribution >= 4 is 5.91 Å². The summed E-state index contributed by atoms with van der Waals surface area (Å²) in [7, 11) is 0. The third-order valence-corrected chi connectivity index (χ3v) is 4.15. The summed E-state index contributed by atoms with van der Waals surface area (Å²) in [6.45, 7) is 0.0605. The van der Waals surface area contributed by atoms with Crippen molar-refractivity contribution in [3.8, 4) is 11.4 Å². The lowest BCUT2D eigenvalue weighted by Gasteiger charge is -2.25. The average Bonchev–Trinajstić information content (AvgIpc) is 3.21. The van der Waals surface area contributed by atoms with Crippen LogP contribution in [0.15, 0.2) is 30.5 Å². The number of amides is 1. The lowest BCUT2D eigenvalue weighted by Crippen LogP contribution is -2.52. The molecule has 0 bridgehead atoms. The molecule has 1 aliphatic rings. The van der Waals surface area contributed by atoms with Gasteiger partial charge in [0.2, 0.25) is 0 Å². The van der Waals surface area contributed by atoms with Crippen molar-refractivity contribution in [3.05, 3.63) is 41.7 Å². The lowest BCUT2D eigenvalue weighted by molar-refractivity contribution is -0.137. The van der Waals surface area contributed by atoms with Gasteiger partial charge in [0.25, 0.3) is 5.91 Å². The number of nitrogens with one attached hydrogen (secondary N) is 1. The number of halogens is 3. The molecule has 7 nitrogen and oxygen atoms in total. The summed E-state index contributed by atoms with van der Waals surface area (Å²) in [5.41, 5.74) is -2.72. The molecule has 1 unspecified atom stereocenters. The Morgan fingerprint density at radius 3 is 2.73 bits per heavy atom. The SMILES string of the molecule is O=C(NC1(CO)CCOC1)c1nn(-c2ccccc2C(F)(F)F)cc1O. The van der Waals surface area contributed by atoms with Crippen molar-refractivity contribution in [1.82, 2.24) is 15.1 Å². The van der Waals surface area contributed by atoms with Crippen LogP contribution in [0.25, 0.3) is 5.69 Å². The number of aliphatic hydroxyl groups is 1. The number of aliphatic hydroxyl groups excluding tert-OH is 1. The summed E-state index contributed by atoms with van der Waals surface area (Å²) >= 11 is 0. The Balaban J connectivity index is 1.92. The highest BCUT2D eigenvalue weighted by molar-refractivity contribution is 5.95. The van der Waals surface area contributed by atoms with E-state index in [4.69, 9.17) is 4.74 Å². The molecule has 2 heterocycles. The Labute approximate surface area is 146 Å². The fourth-order valence-electron chi connectivity index (χ4n) is 2.73. The smallest absolute Gasteiger partial charge is 0.418 e. The summed E-state index contributed by atoms with van der Waals surface area (Å²) < 4.78 is 45.4. The van der Waals surface area contributed by atoms with Crippen LogP contribution in [-0.2, 0) is 10.9 Å². The Morgan fingerprint density at radius 2 is 2.12 bits per heavy atom. The fourth-order valence-corrected chi connectivity index (χ4v) is 2.73. The molecule has 0 saturated carbocycles. The Morgan fingerprint density at radius 1 is 1.38 bits per heavy atom. The van der Waals surface area contributed by atoms with Crippen molar-refractivity contribution in [1.29, 1.82) is 0 Å². The number of hydrogen-bond acceptors (Lipinski definition) is 5. The molecule has 0 radical (unpaired) electrons. The molecule has 1 fully saturated rings. The van der Waals surface area contributed by atoms with E-state index >= 15 is 0 Å². The molecule has 0 spiro atoms. The van der Waals surface area contributed by atoms with Gasteiger partial charge in [0, 0.05) is 6.61 Å². The van der Waals surface area contributed by atoms with Crippen LogP contribution in [0.2, 0.25) is 0 Å². The molecular formula is C16H16F3N3O4. The zero-order chi connectivity index (χ0) is 18.9. The van der Waals surface area contributed by atoms with Crippen molar-refractivity contribution < 1.29 is 32.9 Å². The minimum atomic E-state index is -4.62. The summed E-state index contributed by atoms with van der Waals surface area (Å²) in [5, 5.41) is 25.8. The van der Waals surface area contributed by atoms with Gasteiger partial charge in [-0.1, -0.05) is 12.1 Å². The van der Waals surface area contributed by atoms with Gasteiger partial charge in [-0.2, -0.15) is 18.3 Å². The number of carbonyl (C=O) groups is 1. The van der Waals surface area contributed by atoms with Gasteiger partial charge in [0.1, 0.15) is 0 Å². The largest absolute Gasteiger partial charge is 0.504 e. The Hall–Kier alpha value is -2.59. The number of carbonyl (C=O) groups excluding carboxylic acids is 1. The number of benzene rings is 1.